The summed E-state index contributed by atoms with van der Waals surface area (Å²) < 4.78 is 5.58. The molecule has 4 rings (SSSR count). The normalized spacial score (nSPS) is 18.3. The Kier molecular flexibility index (Phi) is 3.52. The fourth-order valence-electron chi connectivity index (χ4n) is 3.14. The second kappa shape index (κ2) is 5.66. The summed E-state index contributed by atoms with van der Waals surface area (Å²) in [5, 5.41) is 10.3. The Morgan fingerprint density at radius 1 is 1.23 bits per heavy atom. The first-order chi connectivity index (χ1) is 10.8. The zero-order valence-corrected chi connectivity index (χ0v) is 13.2. The highest BCUT2D eigenvalue weighted by atomic mass is 32.1. The summed E-state index contributed by atoms with van der Waals surface area (Å²) in [5.41, 5.74) is 2.73. The van der Waals surface area contributed by atoms with Crippen LogP contribution in [0, 0.1) is 6.92 Å². The van der Waals surface area contributed by atoms with Gasteiger partial charge in [-0.2, -0.15) is 0 Å². The zero-order chi connectivity index (χ0) is 14.9. The molecule has 1 aliphatic heterocycles. The average molecular weight is 311 g/mol. The molecule has 0 saturated heterocycles. The second-order valence-corrected chi connectivity index (χ2v) is 6.55. The van der Waals surface area contributed by atoms with Gasteiger partial charge < -0.3 is 4.42 Å². The summed E-state index contributed by atoms with van der Waals surface area (Å²) in [6.45, 7) is 3.53. The molecule has 0 amide bonds. The lowest BCUT2D eigenvalue weighted by Gasteiger charge is -2.35. The predicted molar refractivity (Wildman–Crippen MR) is 85.8 cm³/mol. The van der Waals surface area contributed by atoms with Crippen molar-refractivity contribution in [3.05, 3.63) is 69.6 Å². The molecule has 0 bridgehead atoms. The molecule has 1 atom stereocenters. The molecular formula is C17H17N3OS. The van der Waals surface area contributed by atoms with Crippen molar-refractivity contribution in [3.63, 3.8) is 0 Å². The van der Waals surface area contributed by atoms with E-state index in [1.165, 1.54) is 16.0 Å². The topological polar surface area (TPSA) is 42.2 Å². The van der Waals surface area contributed by atoms with Crippen LogP contribution in [0.15, 0.2) is 46.2 Å². The zero-order valence-electron chi connectivity index (χ0n) is 12.4. The summed E-state index contributed by atoms with van der Waals surface area (Å²) in [4.78, 5) is 3.92. The van der Waals surface area contributed by atoms with E-state index < -0.39 is 0 Å². The maximum absolute atomic E-state index is 5.58. The third-order valence-electron chi connectivity index (χ3n) is 4.09. The molecule has 0 aliphatic carbocycles. The van der Waals surface area contributed by atoms with Gasteiger partial charge in [0.25, 0.3) is 0 Å². The summed E-state index contributed by atoms with van der Waals surface area (Å²) in [5.74, 6) is 1.32. The number of nitrogens with zero attached hydrogens (tertiary/aromatic N) is 3. The van der Waals surface area contributed by atoms with Crippen molar-refractivity contribution in [3.8, 4) is 0 Å². The molecule has 3 heterocycles. The van der Waals surface area contributed by atoms with Gasteiger partial charge in [-0.3, -0.25) is 4.90 Å². The van der Waals surface area contributed by atoms with Gasteiger partial charge >= 0.3 is 0 Å². The molecule has 0 spiro atoms. The number of rotatable bonds is 3. The van der Waals surface area contributed by atoms with Crippen LogP contribution in [0.1, 0.15) is 33.8 Å². The number of hydrogen-bond acceptors (Lipinski definition) is 5. The first-order valence-corrected chi connectivity index (χ1v) is 8.33. The van der Waals surface area contributed by atoms with E-state index in [2.05, 4.69) is 56.9 Å². The van der Waals surface area contributed by atoms with Gasteiger partial charge in [-0.1, -0.05) is 30.3 Å². The van der Waals surface area contributed by atoms with Crippen LogP contribution in [0.4, 0.5) is 0 Å². The summed E-state index contributed by atoms with van der Waals surface area (Å²) >= 11 is 1.86. The fourth-order valence-corrected chi connectivity index (χ4v) is 4.04. The molecule has 0 fully saturated rings. The van der Waals surface area contributed by atoms with Crippen LogP contribution >= 0.6 is 11.3 Å². The van der Waals surface area contributed by atoms with E-state index in [0.717, 1.165) is 13.0 Å². The Balaban J connectivity index is 1.71. The highest BCUT2D eigenvalue weighted by Crippen LogP contribution is 2.38. The van der Waals surface area contributed by atoms with Crippen LogP contribution in [0.2, 0.25) is 0 Å². The molecule has 1 unspecified atom stereocenters. The molecule has 0 saturated carbocycles. The molecule has 3 aromatic rings. The van der Waals surface area contributed by atoms with Crippen molar-refractivity contribution in [2.75, 3.05) is 6.54 Å². The largest absolute Gasteiger partial charge is 0.424 e. The van der Waals surface area contributed by atoms with Crippen molar-refractivity contribution in [1.82, 2.24) is 15.1 Å². The smallest absolute Gasteiger partial charge is 0.230 e. The monoisotopic (exact) mass is 311 g/mol. The van der Waals surface area contributed by atoms with Crippen molar-refractivity contribution in [2.45, 2.75) is 25.9 Å². The molecule has 2 aromatic heterocycles. The van der Waals surface area contributed by atoms with E-state index in [4.69, 9.17) is 4.42 Å². The van der Waals surface area contributed by atoms with E-state index in [9.17, 15) is 0 Å². The van der Waals surface area contributed by atoms with E-state index in [1.807, 2.05) is 18.3 Å². The van der Waals surface area contributed by atoms with Crippen molar-refractivity contribution in [1.29, 1.82) is 0 Å². The fraction of sp³-hybridized carbons (Fsp3) is 0.294. The van der Waals surface area contributed by atoms with E-state index in [0.29, 0.717) is 18.3 Å². The molecule has 1 aromatic carbocycles. The molecule has 0 radical (unpaired) electrons. The van der Waals surface area contributed by atoms with E-state index in [-0.39, 0.29) is 6.04 Å². The van der Waals surface area contributed by atoms with E-state index >= 15 is 0 Å². The Bertz CT molecular complexity index is 765. The first-order valence-electron chi connectivity index (χ1n) is 7.45. The number of benzene rings is 1. The molecule has 4 nitrogen and oxygen atoms in total. The lowest BCUT2D eigenvalue weighted by molar-refractivity contribution is 0.186. The van der Waals surface area contributed by atoms with Gasteiger partial charge in [-0.25, -0.2) is 0 Å². The Hall–Kier alpha value is -1.98. The standard InChI is InChI=1S/C17H17N3OS/c1-12-18-19-16(21-12)11-20-9-7-15-14(8-10-22-15)17(20)13-5-3-2-4-6-13/h2-6,8,10,17H,7,9,11H2,1H3. The van der Waals surface area contributed by atoms with Crippen molar-refractivity contribution < 1.29 is 4.42 Å². The lowest BCUT2D eigenvalue weighted by Crippen LogP contribution is -2.35. The van der Waals surface area contributed by atoms with Crippen molar-refractivity contribution >= 4 is 11.3 Å². The van der Waals surface area contributed by atoms with Gasteiger partial charge in [0, 0.05) is 18.3 Å². The number of aromatic nitrogens is 2. The van der Waals surface area contributed by atoms with Crippen LogP contribution in [0.5, 0.6) is 0 Å². The third kappa shape index (κ3) is 2.46. The first kappa shape index (κ1) is 13.7. The summed E-state index contributed by atoms with van der Waals surface area (Å²) in [6, 6.07) is 13.2. The van der Waals surface area contributed by atoms with Gasteiger partial charge in [-0.05, 0) is 29.0 Å². The number of fused-ring (bicyclic) bond motifs is 1. The number of hydrogen-bond donors (Lipinski definition) is 0. The van der Waals surface area contributed by atoms with Gasteiger partial charge in [0.05, 0.1) is 12.6 Å². The van der Waals surface area contributed by atoms with Crippen LogP contribution in [-0.4, -0.2) is 21.6 Å². The molecule has 1 aliphatic rings. The van der Waals surface area contributed by atoms with Crippen LogP contribution in [0.3, 0.4) is 0 Å². The maximum atomic E-state index is 5.58. The lowest BCUT2D eigenvalue weighted by atomic mass is 9.93. The minimum absolute atomic E-state index is 0.267. The Morgan fingerprint density at radius 3 is 2.86 bits per heavy atom. The van der Waals surface area contributed by atoms with Gasteiger partial charge in [0.1, 0.15) is 0 Å². The predicted octanol–water partition coefficient (Wildman–Crippen LogP) is 3.59. The minimum atomic E-state index is 0.267. The third-order valence-corrected chi connectivity index (χ3v) is 5.08. The van der Waals surface area contributed by atoms with Crippen LogP contribution in [0.25, 0.3) is 0 Å². The summed E-state index contributed by atoms with van der Waals surface area (Å²) in [6.07, 6.45) is 1.09. The molecule has 22 heavy (non-hydrogen) atoms. The molecule has 5 heteroatoms. The van der Waals surface area contributed by atoms with E-state index in [1.54, 1.807) is 0 Å². The number of thiophene rings is 1. The number of aryl methyl sites for hydroxylation is 1. The van der Waals surface area contributed by atoms with Gasteiger partial charge in [-0.15, -0.1) is 21.5 Å². The Labute approximate surface area is 133 Å². The highest BCUT2D eigenvalue weighted by molar-refractivity contribution is 7.10. The maximum Gasteiger partial charge on any atom is 0.230 e. The average Bonchev–Trinajstić information content (AvgIpc) is 3.17. The quantitative estimate of drug-likeness (QED) is 0.741. The van der Waals surface area contributed by atoms with Crippen LogP contribution < -0.4 is 0 Å². The molecule has 0 N–H and O–H groups in total. The molecule has 112 valence electrons. The molecular weight excluding hydrogens is 294 g/mol. The highest BCUT2D eigenvalue weighted by Gasteiger charge is 2.30. The van der Waals surface area contributed by atoms with Gasteiger partial charge in [0.2, 0.25) is 11.8 Å². The van der Waals surface area contributed by atoms with Gasteiger partial charge in [0.15, 0.2) is 0 Å². The second-order valence-electron chi connectivity index (χ2n) is 5.55. The SMILES string of the molecule is Cc1nnc(CN2CCc3sccc3C2c2ccccc2)o1. The minimum Gasteiger partial charge on any atom is -0.424 e. The Morgan fingerprint density at radius 2 is 2.09 bits per heavy atom. The van der Waals surface area contributed by atoms with Crippen molar-refractivity contribution in [2.24, 2.45) is 0 Å². The van der Waals surface area contributed by atoms with Crippen LogP contribution in [-0.2, 0) is 13.0 Å². The summed E-state index contributed by atoms with van der Waals surface area (Å²) in [7, 11) is 0.